The van der Waals surface area contributed by atoms with Gasteiger partial charge in [0, 0.05) is 31.6 Å². The van der Waals surface area contributed by atoms with Crippen molar-refractivity contribution in [3.63, 3.8) is 0 Å². The number of aliphatic hydroxyl groups excluding tert-OH is 1. The topological polar surface area (TPSA) is 24.1 Å². The van der Waals surface area contributed by atoms with Crippen LogP contribution in [-0.4, -0.2) is 11.7 Å². The molecular weight excluding hydrogens is 258 g/mol. The normalized spacial score (nSPS) is 11.0. The van der Waals surface area contributed by atoms with Gasteiger partial charge in [-0.3, -0.25) is 0 Å². The lowest BCUT2D eigenvalue weighted by atomic mass is 10.1. The van der Waals surface area contributed by atoms with E-state index in [2.05, 4.69) is 35.9 Å². The first-order chi connectivity index (χ1) is 10.4. The van der Waals surface area contributed by atoms with Crippen molar-refractivity contribution in [2.24, 2.45) is 0 Å². The van der Waals surface area contributed by atoms with Crippen LogP contribution in [0.15, 0.2) is 24.4 Å². The molecule has 0 bridgehead atoms. The maximum atomic E-state index is 8.72. The van der Waals surface area contributed by atoms with E-state index >= 15 is 0 Å². The molecule has 0 aliphatic carbocycles. The van der Waals surface area contributed by atoms with Crippen molar-refractivity contribution in [1.82, 2.24) is 0 Å². The number of aliphatic hydroxyl groups is 1. The second-order valence-corrected chi connectivity index (χ2v) is 6.04. The third-order valence-corrected chi connectivity index (χ3v) is 4.13. The van der Waals surface area contributed by atoms with Gasteiger partial charge in [-0.25, -0.2) is 4.57 Å². The van der Waals surface area contributed by atoms with Crippen LogP contribution in [0.25, 0.3) is 0 Å². The largest absolute Gasteiger partial charge is 0.396 e. The fraction of sp³-hybridized carbons (Fsp3) is 0.737. The highest BCUT2D eigenvalue weighted by molar-refractivity contribution is 4.97. The minimum Gasteiger partial charge on any atom is -0.396 e. The molecule has 0 amide bonds. The van der Waals surface area contributed by atoms with Crippen molar-refractivity contribution in [3.05, 3.63) is 30.1 Å². The van der Waals surface area contributed by atoms with E-state index < -0.39 is 0 Å². The van der Waals surface area contributed by atoms with Crippen molar-refractivity contribution in [2.45, 2.75) is 84.1 Å². The Balaban J connectivity index is 2.09. The Hall–Kier alpha value is -0.890. The van der Waals surface area contributed by atoms with Gasteiger partial charge in [-0.05, 0) is 19.3 Å². The maximum absolute atomic E-state index is 8.72. The molecule has 0 radical (unpaired) electrons. The van der Waals surface area contributed by atoms with E-state index in [4.69, 9.17) is 5.11 Å². The van der Waals surface area contributed by atoms with Crippen LogP contribution in [0, 0.1) is 0 Å². The van der Waals surface area contributed by atoms with Crippen LogP contribution in [0.2, 0.25) is 0 Å². The third kappa shape index (κ3) is 8.87. The summed E-state index contributed by atoms with van der Waals surface area (Å²) in [5, 5.41) is 8.72. The number of pyridine rings is 1. The van der Waals surface area contributed by atoms with Crippen LogP contribution in [0.4, 0.5) is 0 Å². The Morgan fingerprint density at radius 1 is 0.857 bits per heavy atom. The molecule has 0 saturated heterocycles. The van der Waals surface area contributed by atoms with Gasteiger partial charge in [-0.1, -0.05) is 51.5 Å². The molecule has 2 heteroatoms. The Morgan fingerprint density at radius 2 is 1.52 bits per heavy atom. The minimum absolute atomic E-state index is 0.356. The molecule has 0 unspecified atom stereocenters. The third-order valence-electron chi connectivity index (χ3n) is 4.13. The van der Waals surface area contributed by atoms with Crippen LogP contribution in [0.5, 0.6) is 0 Å². The van der Waals surface area contributed by atoms with Gasteiger partial charge in [0.1, 0.15) is 6.54 Å². The summed E-state index contributed by atoms with van der Waals surface area (Å²) in [6.45, 7) is 3.78. The number of unbranched alkanes of at least 4 members (excludes halogenated alkanes) is 8. The van der Waals surface area contributed by atoms with E-state index in [0.717, 1.165) is 6.42 Å². The minimum atomic E-state index is 0.356. The molecule has 0 aliphatic heterocycles. The molecule has 21 heavy (non-hydrogen) atoms. The van der Waals surface area contributed by atoms with Crippen LogP contribution < -0.4 is 4.57 Å². The Bertz CT molecular complexity index is 351. The summed E-state index contributed by atoms with van der Waals surface area (Å²) < 4.78 is 2.44. The van der Waals surface area contributed by atoms with Gasteiger partial charge in [0.15, 0.2) is 11.9 Å². The van der Waals surface area contributed by atoms with Gasteiger partial charge in [0.2, 0.25) is 0 Å². The molecular formula is C19H34NO+. The summed E-state index contributed by atoms with van der Waals surface area (Å²) in [7, 11) is 0. The van der Waals surface area contributed by atoms with Gasteiger partial charge in [0.25, 0.3) is 0 Å². The van der Waals surface area contributed by atoms with Crippen LogP contribution in [-0.2, 0) is 13.0 Å². The van der Waals surface area contributed by atoms with Gasteiger partial charge in [-0.15, -0.1) is 0 Å². The van der Waals surface area contributed by atoms with E-state index in [1.54, 1.807) is 0 Å². The summed E-state index contributed by atoms with van der Waals surface area (Å²) >= 11 is 0. The fourth-order valence-corrected chi connectivity index (χ4v) is 2.77. The zero-order valence-corrected chi connectivity index (χ0v) is 13.9. The Morgan fingerprint density at radius 3 is 2.19 bits per heavy atom. The Labute approximate surface area is 131 Å². The lowest BCUT2D eigenvalue weighted by Crippen LogP contribution is -2.37. The van der Waals surface area contributed by atoms with Crippen molar-refractivity contribution < 1.29 is 9.67 Å². The lowest BCUT2D eigenvalue weighted by Gasteiger charge is -2.04. The molecule has 1 aromatic rings. The van der Waals surface area contributed by atoms with Gasteiger partial charge in [-0.2, -0.15) is 0 Å². The molecule has 0 saturated carbocycles. The second kappa shape index (κ2) is 12.8. The van der Waals surface area contributed by atoms with Gasteiger partial charge < -0.3 is 5.11 Å². The highest BCUT2D eigenvalue weighted by Crippen LogP contribution is 2.08. The van der Waals surface area contributed by atoms with Crippen molar-refractivity contribution in [2.75, 3.05) is 6.61 Å². The number of rotatable bonds is 13. The first-order valence-corrected chi connectivity index (χ1v) is 8.96. The molecule has 1 N–H and O–H groups in total. The molecule has 1 aromatic heterocycles. The monoisotopic (exact) mass is 292 g/mol. The zero-order chi connectivity index (χ0) is 15.2. The first-order valence-electron chi connectivity index (χ1n) is 8.96. The number of aromatic nitrogens is 1. The average molecular weight is 292 g/mol. The molecule has 0 spiro atoms. The van der Waals surface area contributed by atoms with Crippen molar-refractivity contribution >= 4 is 0 Å². The highest BCUT2D eigenvalue weighted by Gasteiger charge is 2.08. The molecule has 0 atom stereocenters. The van der Waals surface area contributed by atoms with Crippen LogP contribution >= 0.6 is 0 Å². The summed E-state index contributed by atoms with van der Waals surface area (Å²) in [6.07, 6.45) is 16.1. The molecule has 120 valence electrons. The molecule has 2 nitrogen and oxygen atoms in total. The standard InChI is InChI=1S/C19H34NO/c1-2-3-14-19-15-10-12-17-20(19)16-11-8-6-4-5-7-9-13-18-21/h10,12,15,17,21H,2-9,11,13-14,16,18H2,1H3/q+1. The highest BCUT2D eigenvalue weighted by atomic mass is 16.2. The van der Waals surface area contributed by atoms with Gasteiger partial charge in [0.05, 0.1) is 0 Å². The van der Waals surface area contributed by atoms with Crippen LogP contribution in [0.3, 0.4) is 0 Å². The summed E-state index contributed by atoms with van der Waals surface area (Å²) in [5.74, 6) is 0. The molecule has 0 fully saturated rings. The number of hydrogen-bond donors (Lipinski definition) is 1. The van der Waals surface area contributed by atoms with Gasteiger partial charge >= 0.3 is 0 Å². The fourth-order valence-electron chi connectivity index (χ4n) is 2.77. The quantitative estimate of drug-likeness (QED) is 0.422. The Kier molecular flexibility index (Phi) is 11.1. The first kappa shape index (κ1) is 18.2. The van der Waals surface area contributed by atoms with E-state index in [1.165, 1.54) is 76.4 Å². The van der Waals surface area contributed by atoms with Crippen LogP contribution in [0.1, 0.15) is 76.8 Å². The number of hydrogen-bond acceptors (Lipinski definition) is 1. The predicted octanol–water partition coefficient (Wildman–Crippen LogP) is 4.43. The van der Waals surface area contributed by atoms with E-state index in [1.807, 2.05) is 0 Å². The molecule has 1 heterocycles. The summed E-state index contributed by atoms with van der Waals surface area (Å²) in [5.41, 5.74) is 1.49. The maximum Gasteiger partial charge on any atom is 0.181 e. The second-order valence-electron chi connectivity index (χ2n) is 6.04. The molecule has 0 aromatic carbocycles. The lowest BCUT2D eigenvalue weighted by molar-refractivity contribution is -0.704. The molecule has 1 rings (SSSR count). The summed E-state index contributed by atoms with van der Waals surface area (Å²) in [4.78, 5) is 0. The SMILES string of the molecule is CCCCc1cccc[n+]1CCCCCCCCCCO. The average Bonchev–Trinajstić information content (AvgIpc) is 2.52. The molecule has 0 aliphatic rings. The predicted molar refractivity (Wildman–Crippen MR) is 89.3 cm³/mol. The van der Waals surface area contributed by atoms with E-state index in [9.17, 15) is 0 Å². The van der Waals surface area contributed by atoms with Crippen molar-refractivity contribution in [3.8, 4) is 0 Å². The summed E-state index contributed by atoms with van der Waals surface area (Å²) in [6, 6.07) is 6.58. The van der Waals surface area contributed by atoms with Crippen molar-refractivity contribution in [1.29, 1.82) is 0 Å². The number of aryl methyl sites for hydroxylation is 2. The zero-order valence-electron chi connectivity index (χ0n) is 13.9. The van der Waals surface area contributed by atoms with E-state index in [0.29, 0.717) is 6.61 Å². The number of nitrogens with zero attached hydrogens (tertiary/aromatic N) is 1. The van der Waals surface area contributed by atoms with E-state index in [-0.39, 0.29) is 0 Å². The smallest absolute Gasteiger partial charge is 0.181 e.